The standard InChI is InChI=1S/C10H9NO5/c1-11(9(13)14,10(15)16)8-4-2-7(6-12)3-5-8/h2-6H,1H3,(H-,13,14,15,16)/p+1. The van der Waals surface area contributed by atoms with Crippen LogP contribution in [0.4, 0.5) is 15.3 Å². The molecule has 0 fully saturated rings. The van der Waals surface area contributed by atoms with E-state index in [0.29, 0.717) is 11.8 Å². The first-order valence-electron chi connectivity index (χ1n) is 4.32. The molecular formula is C10H10NO5+. The molecule has 2 amide bonds. The molecule has 0 heterocycles. The third kappa shape index (κ3) is 1.78. The van der Waals surface area contributed by atoms with Crippen molar-refractivity contribution in [1.29, 1.82) is 0 Å². The molecule has 0 aliphatic rings. The monoisotopic (exact) mass is 224 g/mol. The van der Waals surface area contributed by atoms with Gasteiger partial charge in [0.1, 0.15) is 6.29 Å². The molecule has 0 aliphatic carbocycles. The van der Waals surface area contributed by atoms with Crippen LogP contribution >= 0.6 is 0 Å². The molecule has 6 heteroatoms. The number of aldehydes is 1. The van der Waals surface area contributed by atoms with Crippen LogP contribution in [0.1, 0.15) is 10.4 Å². The smallest absolute Gasteiger partial charge is 0.435 e. The number of carbonyl (C=O) groups excluding carboxylic acids is 1. The lowest BCUT2D eigenvalue weighted by atomic mass is 10.2. The van der Waals surface area contributed by atoms with Crippen LogP contribution in [0.15, 0.2) is 24.3 Å². The summed E-state index contributed by atoms with van der Waals surface area (Å²) in [5.74, 6) is 0. The van der Waals surface area contributed by atoms with Gasteiger partial charge in [0.2, 0.25) is 0 Å². The molecule has 0 atom stereocenters. The average Bonchev–Trinajstić information content (AvgIpc) is 2.27. The highest BCUT2D eigenvalue weighted by Gasteiger charge is 2.43. The number of hydrogen-bond donors (Lipinski definition) is 2. The Kier molecular flexibility index (Phi) is 3.05. The van der Waals surface area contributed by atoms with Crippen LogP contribution in [0.5, 0.6) is 0 Å². The van der Waals surface area contributed by atoms with Gasteiger partial charge in [-0.1, -0.05) is 4.48 Å². The maximum atomic E-state index is 10.9. The molecule has 2 N–H and O–H groups in total. The van der Waals surface area contributed by atoms with E-state index < -0.39 is 16.7 Å². The predicted molar refractivity (Wildman–Crippen MR) is 55.6 cm³/mol. The van der Waals surface area contributed by atoms with Crippen LogP contribution in [-0.4, -0.2) is 35.7 Å². The van der Waals surface area contributed by atoms with Gasteiger partial charge in [0.25, 0.3) is 0 Å². The largest absolute Gasteiger partial charge is 0.529 e. The van der Waals surface area contributed by atoms with Crippen LogP contribution in [-0.2, 0) is 0 Å². The summed E-state index contributed by atoms with van der Waals surface area (Å²) in [6.07, 6.45) is -2.42. The molecule has 6 nitrogen and oxygen atoms in total. The fourth-order valence-corrected chi connectivity index (χ4v) is 1.15. The first-order chi connectivity index (χ1) is 7.42. The topological polar surface area (TPSA) is 91.7 Å². The Balaban J connectivity index is 3.27. The minimum absolute atomic E-state index is 0.0607. The summed E-state index contributed by atoms with van der Waals surface area (Å²) >= 11 is 0. The summed E-state index contributed by atoms with van der Waals surface area (Å²) in [7, 11) is 1.04. The minimum atomic E-state index is -1.51. The van der Waals surface area contributed by atoms with Crippen LogP contribution in [0, 0.1) is 0 Å². The molecule has 0 bridgehead atoms. The number of carbonyl (C=O) groups is 3. The number of nitrogens with zero attached hydrogens (tertiary/aromatic N) is 1. The van der Waals surface area contributed by atoms with Gasteiger partial charge >= 0.3 is 12.2 Å². The third-order valence-electron chi connectivity index (χ3n) is 2.31. The average molecular weight is 224 g/mol. The van der Waals surface area contributed by atoms with Gasteiger partial charge in [-0.3, -0.25) is 4.79 Å². The Hall–Kier alpha value is -2.21. The Bertz CT molecular complexity index is 423. The second kappa shape index (κ2) is 4.11. The van der Waals surface area contributed by atoms with E-state index in [1.54, 1.807) is 0 Å². The summed E-state index contributed by atoms with van der Waals surface area (Å²) < 4.78 is -1.28. The molecule has 0 aromatic heterocycles. The number of amides is 2. The highest BCUT2D eigenvalue weighted by Crippen LogP contribution is 2.22. The number of benzene rings is 1. The molecule has 0 aliphatic heterocycles. The fourth-order valence-electron chi connectivity index (χ4n) is 1.15. The lowest BCUT2D eigenvalue weighted by molar-refractivity contribution is 0.112. The fraction of sp³-hybridized carbons (Fsp3) is 0.100. The van der Waals surface area contributed by atoms with Crippen molar-refractivity contribution in [2.24, 2.45) is 0 Å². The van der Waals surface area contributed by atoms with Crippen molar-refractivity contribution < 1.29 is 24.6 Å². The summed E-state index contributed by atoms with van der Waals surface area (Å²) in [6.45, 7) is 0. The summed E-state index contributed by atoms with van der Waals surface area (Å²) in [5, 5.41) is 17.8. The second-order valence-corrected chi connectivity index (χ2v) is 3.28. The molecular weight excluding hydrogens is 214 g/mol. The van der Waals surface area contributed by atoms with Gasteiger partial charge in [-0.05, 0) is 12.1 Å². The van der Waals surface area contributed by atoms with Crippen molar-refractivity contribution in [3.8, 4) is 0 Å². The SMILES string of the molecule is C[N+](C(=O)O)(C(=O)O)c1ccc(C=O)cc1. The third-order valence-corrected chi connectivity index (χ3v) is 2.31. The van der Waals surface area contributed by atoms with Crippen molar-refractivity contribution >= 4 is 24.2 Å². The van der Waals surface area contributed by atoms with Gasteiger partial charge < -0.3 is 10.2 Å². The maximum Gasteiger partial charge on any atom is 0.529 e. The second-order valence-electron chi connectivity index (χ2n) is 3.28. The number of carboxylic acid groups (broad SMARTS) is 2. The van der Waals surface area contributed by atoms with E-state index in [0.717, 1.165) is 7.05 Å². The van der Waals surface area contributed by atoms with E-state index in [4.69, 9.17) is 10.2 Å². The zero-order valence-corrected chi connectivity index (χ0v) is 8.45. The number of hydrogen-bond acceptors (Lipinski definition) is 3. The van der Waals surface area contributed by atoms with Crippen LogP contribution in [0.25, 0.3) is 0 Å². The molecule has 0 radical (unpaired) electrons. The van der Waals surface area contributed by atoms with E-state index in [1.807, 2.05) is 0 Å². The molecule has 1 rings (SSSR count). The number of quaternary nitrogens is 1. The van der Waals surface area contributed by atoms with Crippen LogP contribution in [0.3, 0.4) is 0 Å². The Morgan fingerprint density at radius 3 is 1.88 bits per heavy atom. The Labute approximate surface area is 90.9 Å². The van der Waals surface area contributed by atoms with E-state index in [2.05, 4.69) is 0 Å². The minimum Gasteiger partial charge on any atom is -0.435 e. The molecule has 0 saturated carbocycles. The van der Waals surface area contributed by atoms with Crippen molar-refractivity contribution in [2.75, 3.05) is 7.05 Å². The van der Waals surface area contributed by atoms with Gasteiger partial charge in [0.05, 0.1) is 7.05 Å². The first kappa shape index (κ1) is 11.9. The zero-order valence-electron chi connectivity index (χ0n) is 8.45. The zero-order chi connectivity index (χ0) is 12.3. The van der Waals surface area contributed by atoms with Gasteiger partial charge in [-0.25, -0.2) is 0 Å². The Morgan fingerprint density at radius 1 is 1.12 bits per heavy atom. The number of rotatable bonds is 2. The lowest BCUT2D eigenvalue weighted by Gasteiger charge is -2.20. The van der Waals surface area contributed by atoms with Crippen molar-refractivity contribution in [3.05, 3.63) is 29.8 Å². The van der Waals surface area contributed by atoms with Crippen LogP contribution < -0.4 is 4.48 Å². The molecule has 0 spiro atoms. The first-order valence-corrected chi connectivity index (χ1v) is 4.32. The summed E-state index contributed by atoms with van der Waals surface area (Å²) in [6, 6.07) is 5.33. The number of imide groups is 1. The predicted octanol–water partition coefficient (Wildman–Crippen LogP) is 1.79. The van der Waals surface area contributed by atoms with E-state index >= 15 is 0 Å². The molecule has 84 valence electrons. The molecule has 0 unspecified atom stereocenters. The molecule has 1 aromatic rings. The van der Waals surface area contributed by atoms with Crippen molar-refractivity contribution in [2.45, 2.75) is 0 Å². The highest BCUT2D eigenvalue weighted by atomic mass is 16.4. The van der Waals surface area contributed by atoms with Gasteiger partial charge in [-0.15, -0.1) is 0 Å². The van der Waals surface area contributed by atoms with E-state index in [1.165, 1.54) is 24.3 Å². The quantitative estimate of drug-likeness (QED) is 0.590. The normalized spacial score (nSPS) is 10.8. The summed E-state index contributed by atoms with van der Waals surface area (Å²) in [4.78, 5) is 32.3. The van der Waals surface area contributed by atoms with Crippen LogP contribution in [0.2, 0.25) is 0 Å². The van der Waals surface area contributed by atoms with Gasteiger partial charge in [-0.2, -0.15) is 9.59 Å². The summed E-state index contributed by atoms with van der Waals surface area (Å²) in [5.41, 5.74) is 0.414. The lowest BCUT2D eigenvalue weighted by Crippen LogP contribution is -2.53. The molecule has 16 heavy (non-hydrogen) atoms. The molecule has 1 aromatic carbocycles. The van der Waals surface area contributed by atoms with E-state index in [-0.39, 0.29) is 5.69 Å². The van der Waals surface area contributed by atoms with E-state index in [9.17, 15) is 14.4 Å². The Morgan fingerprint density at radius 2 is 1.56 bits per heavy atom. The van der Waals surface area contributed by atoms with Crippen molar-refractivity contribution in [1.82, 2.24) is 4.48 Å². The van der Waals surface area contributed by atoms with Gasteiger partial charge in [0.15, 0.2) is 5.69 Å². The molecule has 0 saturated heterocycles. The highest BCUT2D eigenvalue weighted by molar-refractivity contribution is 6.01. The van der Waals surface area contributed by atoms with Crippen molar-refractivity contribution in [3.63, 3.8) is 0 Å². The maximum absolute atomic E-state index is 10.9. The van der Waals surface area contributed by atoms with Gasteiger partial charge in [0, 0.05) is 17.7 Å².